The summed E-state index contributed by atoms with van der Waals surface area (Å²) in [4.78, 5) is 7.96. The van der Waals surface area contributed by atoms with Crippen LogP contribution in [0.15, 0.2) is 40.9 Å². The summed E-state index contributed by atoms with van der Waals surface area (Å²) in [5.74, 6) is -0.0900. The zero-order valence-corrected chi connectivity index (χ0v) is 16.1. The standard InChI is InChI=1S/C18H12BrClFN5O/c19-10-2-4-15(27-8-9-1-3-11(21)6-14(9)20)12(5-10)16-13(7-22)17(23)26-18(24)25-16/h1-6H,8H2,(H4,23,24,25,26). The van der Waals surface area contributed by atoms with Crippen molar-refractivity contribution in [2.75, 3.05) is 11.5 Å². The highest BCUT2D eigenvalue weighted by Gasteiger charge is 2.18. The maximum atomic E-state index is 13.2. The average Bonchev–Trinajstić information content (AvgIpc) is 2.61. The predicted molar refractivity (Wildman–Crippen MR) is 104 cm³/mol. The average molecular weight is 449 g/mol. The molecule has 3 aromatic rings. The monoisotopic (exact) mass is 447 g/mol. The van der Waals surface area contributed by atoms with E-state index in [0.29, 0.717) is 16.9 Å². The van der Waals surface area contributed by atoms with Crippen LogP contribution in [0, 0.1) is 17.1 Å². The number of halogens is 3. The fraction of sp³-hybridized carbons (Fsp3) is 0.0556. The lowest BCUT2D eigenvalue weighted by molar-refractivity contribution is 0.307. The molecule has 0 spiro atoms. The minimum Gasteiger partial charge on any atom is -0.488 e. The third-order valence-corrected chi connectivity index (χ3v) is 4.51. The highest BCUT2D eigenvalue weighted by Crippen LogP contribution is 2.36. The Balaban J connectivity index is 2.03. The summed E-state index contributed by atoms with van der Waals surface area (Å²) >= 11 is 9.43. The van der Waals surface area contributed by atoms with Gasteiger partial charge in [0.05, 0.1) is 10.7 Å². The van der Waals surface area contributed by atoms with Crippen molar-refractivity contribution in [3.05, 3.63) is 62.8 Å². The first-order valence-corrected chi connectivity index (χ1v) is 8.76. The van der Waals surface area contributed by atoms with Crippen LogP contribution in [0.2, 0.25) is 5.02 Å². The van der Waals surface area contributed by atoms with Gasteiger partial charge in [0.15, 0.2) is 0 Å². The molecular weight excluding hydrogens is 437 g/mol. The van der Waals surface area contributed by atoms with Crippen molar-refractivity contribution in [2.24, 2.45) is 0 Å². The van der Waals surface area contributed by atoms with E-state index >= 15 is 0 Å². The lowest BCUT2D eigenvalue weighted by atomic mass is 10.1. The number of benzene rings is 2. The third kappa shape index (κ3) is 4.10. The van der Waals surface area contributed by atoms with E-state index in [0.717, 1.165) is 4.47 Å². The van der Waals surface area contributed by atoms with Crippen LogP contribution in [0.25, 0.3) is 11.3 Å². The number of hydrogen-bond acceptors (Lipinski definition) is 6. The van der Waals surface area contributed by atoms with Crippen LogP contribution in [0.1, 0.15) is 11.1 Å². The molecule has 0 amide bonds. The zero-order valence-electron chi connectivity index (χ0n) is 13.7. The van der Waals surface area contributed by atoms with E-state index in [2.05, 4.69) is 25.9 Å². The van der Waals surface area contributed by atoms with E-state index in [4.69, 9.17) is 27.8 Å². The molecule has 0 radical (unpaired) electrons. The van der Waals surface area contributed by atoms with Crippen LogP contribution in [-0.4, -0.2) is 9.97 Å². The van der Waals surface area contributed by atoms with Crippen molar-refractivity contribution in [1.82, 2.24) is 9.97 Å². The maximum Gasteiger partial charge on any atom is 0.222 e. The first-order chi connectivity index (χ1) is 12.9. The van der Waals surface area contributed by atoms with Gasteiger partial charge in [-0.25, -0.2) is 9.37 Å². The number of nitrogen functional groups attached to an aromatic ring is 2. The summed E-state index contributed by atoms with van der Waals surface area (Å²) in [7, 11) is 0. The van der Waals surface area contributed by atoms with Gasteiger partial charge in [0.25, 0.3) is 0 Å². The van der Waals surface area contributed by atoms with Crippen LogP contribution < -0.4 is 16.2 Å². The van der Waals surface area contributed by atoms with Crippen molar-refractivity contribution in [2.45, 2.75) is 6.61 Å². The molecule has 0 aliphatic rings. The number of anilines is 2. The Morgan fingerprint density at radius 2 is 1.96 bits per heavy atom. The Bertz CT molecular complexity index is 1070. The zero-order chi connectivity index (χ0) is 19.6. The Labute approximate surface area is 167 Å². The topological polar surface area (TPSA) is 111 Å². The Morgan fingerprint density at radius 1 is 1.19 bits per heavy atom. The van der Waals surface area contributed by atoms with Gasteiger partial charge in [-0.2, -0.15) is 10.2 Å². The van der Waals surface area contributed by atoms with Gasteiger partial charge in [0.2, 0.25) is 5.95 Å². The molecule has 9 heteroatoms. The van der Waals surface area contributed by atoms with Gasteiger partial charge in [-0.05, 0) is 30.3 Å². The fourth-order valence-electron chi connectivity index (χ4n) is 2.41. The number of nitrogens with two attached hydrogens (primary N) is 2. The van der Waals surface area contributed by atoms with Crippen LogP contribution in [0.5, 0.6) is 5.75 Å². The smallest absolute Gasteiger partial charge is 0.222 e. The molecule has 0 atom stereocenters. The van der Waals surface area contributed by atoms with Crippen molar-refractivity contribution in [3.63, 3.8) is 0 Å². The van der Waals surface area contributed by atoms with Crippen LogP contribution >= 0.6 is 27.5 Å². The summed E-state index contributed by atoms with van der Waals surface area (Å²) in [6.07, 6.45) is 0. The molecule has 3 rings (SSSR count). The number of hydrogen-bond donors (Lipinski definition) is 2. The molecule has 0 aliphatic carbocycles. The number of aromatic nitrogens is 2. The first kappa shape index (κ1) is 18.9. The lowest BCUT2D eigenvalue weighted by Gasteiger charge is -2.14. The molecule has 0 unspecified atom stereocenters. The summed E-state index contributed by atoms with van der Waals surface area (Å²) in [5.41, 5.74) is 12.9. The van der Waals surface area contributed by atoms with E-state index in [1.165, 1.54) is 18.2 Å². The molecule has 0 aliphatic heterocycles. The van der Waals surface area contributed by atoms with E-state index in [1.807, 2.05) is 6.07 Å². The molecule has 6 nitrogen and oxygen atoms in total. The van der Waals surface area contributed by atoms with Gasteiger partial charge in [-0.1, -0.05) is 33.6 Å². The van der Waals surface area contributed by atoms with E-state index in [1.54, 1.807) is 18.2 Å². The van der Waals surface area contributed by atoms with E-state index in [9.17, 15) is 9.65 Å². The molecule has 27 heavy (non-hydrogen) atoms. The lowest BCUT2D eigenvalue weighted by Crippen LogP contribution is -2.06. The van der Waals surface area contributed by atoms with Gasteiger partial charge in [0, 0.05) is 15.6 Å². The second kappa shape index (κ2) is 7.78. The number of ether oxygens (including phenoxy) is 1. The predicted octanol–water partition coefficient (Wildman–Crippen LogP) is 4.31. The van der Waals surface area contributed by atoms with Crippen molar-refractivity contribution < 1.29 is 9.13 Å². The van der Waals surface area contributed by atoms with Gasteiger partial charge in [-0.3, -0.25) is 0 Å². The molecule has 136 valence electrons. The van der Waals surface area contributed by atoms with E-state index in [-0.39, 0.29) is 34.7 Å². The molecule has 4 N–H and O–H groups in total. The highest BCUT2D eigenvalue weighted by atomic mass is 79.9. The molecule has 2 aromatic carbocycles. The van der Waals surface area contributed by atoms with Gasteiger partial charge in [0.1, 0.15) is 35.6 Å². The number of nitriles is 1. The largest absolute Gasteiger partial charge is 0.488 e. The summed E-state index contributed by atoms with van der Waals surface area (Å²) in [6, 6.07) is 11.2. The minimum absolute atomic E-state index is 0.0208. The van der Waals surface area contributed by atoms with Gasteiger partial charge < -0.3 is 16.2 Å². The van der Waals surface area contributed by atoms with Crippen LogP contribution in [0.4, 0.5) is 16.2 Å². The van der Waals surface area contributed by atoms with Crippen LogP contribution in [-0.2, 0) is 6.61 Å². The molecule has 1 heterocycles. The Hall–Kier alpha value is -2.89. The van der Waals surface area contributed by atoms with Crippen molar-refractivity contribution in [1.29, 1.82) is 5.26 Å². The fourth-order valence-corrected chi connectivity index (χ4v) is 2.99. The molecule has 0 saturated heterocycles. The normalized spacial score (nSPS) is 10.4. The first-order valence-electron chi connectivity index (χ1n) is 7.58. The number of nitrogens with zero attached hydrogens (tertiary/aromatic N) is 3. The third-order valence-electron chi connectivity index (χ3n) is 3.66. The molecular formula is C18H12BrClFN5O. The van der Waals surface area contributed by atoms with E-state index < -0.39 is 5.82 Å². The highest BCUT2D eigenvalue weighted by molar-refractivity contribution is 9.10. The van der Waals surface area contributed by atoms with Gasteiger partial charge >= 0.3 is 0 Å². The number of rotatable bonds is 4. The SMILES string of the molecule is N#Cc1c(N)nc(N)nc1-c1cc(Br)ccc1OCc1ccc(F)cc1Cl. The molecule has 0 fully saturated rings. The second-order valence-electron chi connectivity index (χ2n) is 5.47. The molecule has 0 bridgehead atoms. The maximum absolute atomic E-state index is 13.2. The minimum atomic E-state index is -0.432. The van der Waals surface area contributed by atoms with Crippen LogP contribution in [0.3, 0.4) is 0 Å². The summed E-state index contributed by atoms with van der Waals surface area (Å²) in [6.45, 7) is 0.0890. The summed E-state index contributed by atoms with van der Waals surface area (Å²) < 4.78 is 19.8. The second-order valence-corrected chi connectivity index (χ2v) is 6.79. The Kier molecular flexibility index (Phi) is 5.44. The van der Waals surface area contributed by atoms with Crippen molar-refractivity contribution >= 4 is 39.3 Å². The molecule has 0 saturated carbocycles. The quantitative estimate of drug-likeness (QED) is 0.615. The Morgan fingerprint density at radius 3 is 2.67 bits per heavy atom. The van der Waals surface area contributed by atoms with Crippen molar-refractivity contribution in [3.8, 4) is 23.1 Å². The molecule has 1 aromatic heterocycles. The van der Waals surface area contributed by atoms with Gasteiger partial charge in [-0.15, -0.1) is 0 Å². The summed E-state index contributed by atoms with van der Waals surface area (Å²) in [5, 5.41) is 9.68.